The molecule has 1 atom stereocenters. The average molecular weight is 377 g/mol. The number of hydrogen-bond acceptors (Lipinski definition) is 4. The predicted molar refractivity (Wildman–Crippen MR) is 109 cm³/mol. The molecule has 6 nitrogen and oxygen atoms in total. The van der Waals surface area contributed by atoms with E-state index in [0.717, 1.165) is 40.8 Å². The van der Waals surface area contributed by atoms with E-state index in [1.807, 2.05) is 36.7 Å². The maximum atomic E-state index is 13.3. The summed E-state index contributed by atoms with van der Waals surface area (Å²) in [6.45, 7) is 10.3. The topological polar surface area (TPSA) is 72.7 Å². The van der Waals surface area contributed by atoms with E-state index in [1.54, 1.807) is 12.4 Å². The van der Waals surface area contributed by atoms with E-state index < -0.39 is 0 Å². The van der Waals surface area contributed by atoms with Crippen molar-refractivity contribution in [1.29, 1.82) is 0 Å². The molecule has 0 saturated heterocycles. The second kappa shape index (κ2) is 6.69. The molecule has 4 rings (SSSR count). The Kier molecular flexibility index (Phi) is 4.44. The van der Waals surface area contributed by atoms with Crippen molar-refractivity contribution in [2.24, 2.45) is 0 Å². The monoisotopic (exact) mass is 377 g/mol. The average Bonchev–Trinajstić information content (AvgIpc) is 3.44. The molecule has 1 fully saturated rings. The molecule has 146 valence electrons. The lowest BCUT2D eigenvalue weighted by Gasteiger charge is -2.20. The number of carbonyl (C=O) groups is 1. The van der Waals surface area contributed by atoms with Gasteiger partial charge in [0.2, 0.25) is 0 Å². The van der Waals surface area contributed by atoms with Crippen LogP contribution in [0.15, 0.2) is 30.6 Å². The van der Waals surface area contributed by atoms with Crippen LogP contribution in [0.1, 0.15) is 79.8 Å². The zero-order valence-corrected chi connectivity index (χ0v) is 17.2. The molecule has 28 heavy (non-hydrogen) atoms. The maximum absolute atomic E-state index is 13.3. The Bertz CT molecular complexity index is 1030. The zero-order valence-electron chi connectivity index (χ0n) is 17.2. The lowest BCUT2D eigenvalue weighted by molar-refractivity contribution is 0.0941. The van der Waals surface area contributed by atoms with Gasteiger partial charge in [0.15, 0.2) is 5.65 Å². The van der Waals surface area contributed by atoms with Crippen LogP contribution in [0.4, 0.5) is 0 Å². The summed E-state index contributed by atoms with van der Waals surface area (Å²) in [7, 11) is 0. The summed E-state index contributed by atoms with van der Waals surface area (Å²) in [5.74, 6) is 0.368. The molecule has 1 N–H and O–H groups in total. The number of pyridine rings is 2. The minimum absolute atomic E-state index is 0.0878. The number of fused-ring (bicyclic) bond motifs is 1. The van der Waals surface area contributed by atoms with Crippen LogP contribution < -0.4 is 5.32 Å². The van der Waals surface area contributed by atoms with Crippen molar-refractivity contribution in [3.05, 3.63) is 53.1 Å². The van der Waals surface area contributed by atoms with Gasteiger partial charge in [-0.15, -0.1) is 0 Å². The zero-order chi connectivity index (χ0) is 20.1. The van der Waals surface area contributed by atoms with Gasteiger partial charge >= 0.3 is 0 Å². The number of nitrogens with zero attached hydrogens (tertiary/aromatic N) is 4. The fourth-order valence-corrected chi connectivity index (χ4v) is 3.55. The van der Waals surface area contributed by atoms with Crippen LogP contribution in [0.3, 0.4) is 0 Å². The maximum Gasteiger partial charge on any atom is 0.252 e. The van der Waals surface area contributed by atoms with Crippen LogP contribution in [0.5, 0.6) is 0 Å². The van der Waals surface area contributed by atoms with Crippen LogP contribution in [0, 0.1) is 6.92 Å². The van der Waals surface area contributed by atoms with E-state index in [0.29, 0.717) is 11.5 Å². The third-order valence-corrected chi connectivity index (χ3v) is 5.26. The van der Waals surface area contributed by atoms with Crippen LogP contribution in [-0.2, 0) is 5.54 Å². The van der Waals surface area contributed by atoms with Gasteiger partial charge in [-0.3, -0.25) is 9.78 Å². The summed E-state index contributed by atoms with van der Waals surface area (Å²) < 4.78 is 1.95. The third-order valence-electron chi connectivity index (χ3n) is 5.26. The van der Waals surface area contributed by atoms with E-state index in [1.165, 1.54) is 0 Å². The largest absolute Gasteiger partial charge is 0.345 e. The molecule has 1 aliphatic carbocycles. The van der Waals surface area contributed by atoms with Gasteiger partial charge in [-0.2, -0.15) is 5.10 Å². The normalized spacial score (nSPS) is 15.6. The van der Waals surface area contributed by atoms with Gasteiger partial charge in [0.25, 0.3) is 5.91 Å². The number of aromatic nitrogens is 4. The SMILES string of the molecule is Cc1nn(C(C)(C)C)c2nc(C3CC3)cc(C(=O)N[C@H](C)c3ccncc3)c12. The highest BCUT2D eigenvalue weighted by Crippen LogP contribution is 2.41. The van der Waals surface area contributed by atoms with Crippen molar-refractivity contribution in [3.63, 3.8) is 0 Å². The molecular formula is C22H27N5O. The molecule has 1 saturated carbocycles. The van der Waals surface area contributed by atoms with E-state index in [4.69, 9.17) is 10.1 Å². The fourth-order valence-electron chi connectivity index (χ4n) is 3.55. The molecular weight excluding hydrogens is 350 g/mol. The first-order valence-corrected chi connectivity index (χ1v) is 9.87. The van der Waals surface area contributed by atoms with Crippen LogP contribution in [0.25, 0.3) is 11.0 Å². The molecule has 0 unspecified atom stereocenters. The summed E-state index contributed by atoms with van der Waals surface area (Å²) in [5.41, 5.74) is 4.12. The van der Waals surface area contributed by atoms with E-state index in [9.17, 15) is 4.79 Å². The number of nitrogens with one attached hydrogen (secondary N) is 1. The van der Waals surface area contributed by atoms with Gasteiger partial charge in [0.1, 0.15) is 0 Å². The molecule has 3 aromatic rings. The first kappa shape index (κ1) is 18.6. The summed E-state index contributed by atoms with van der Waals surface area (Å²) in [6.07, 6.45) is 5.75. The summed E-state index contributed by atoms with van der Waals surface area (Å²) in [4.78, 5) is 22.2. The highest BCUT2D eigenvalue weighted by Gasteiger charge is 2.30. The van der Waals surface area contributed by atoms with Crippen molar-refractivity contribution < 1.29 is 4.79 Å². The summed E-state index contributed by atoms with van der Waals surface area (Å²) in [6, 6.07) is 5.70. The Balaban J connectivity index is 1.79. The Morgan fingerprint density at radius 1 is 1.25 bits per heavy atom. The van der Waals surface area contributed by atoms with Gasteiger partial charge in [-0.25, -0.2) is 9.67 Å². The van der Waals surface area contributed by atoms with Gasteiger partial charge in [-0.1, -0.05) is 0 Å². The van der Waals surface area contributed by atoms with Crippen molar-refractivity contribution in [1.82, 2.24) is 25.1 Å². The molecule has 1 amide bonds. The van der Waals surface area contributed by atoms with Crippen molar-refractivity contribution in [3.8, 4) is 0 Å². The molecule has 6 heteroatoms. The van der Waals surface area contributed by atoms with Crippen molar-refractivity contribution in [2.45, 2.75) is 65.0 Å². The minimum atomic E-state index is -0.209. The Morgan fingerprint density at radius 3 is 2.54 bits per heavy atom. The molecule has 0 aliphatic heterocycles. The van der Waals surface area contributed by atoms with Crippen LogP contribution in [0.2, 0.25) is 0 Å². The highest BCUT2D eigenvalue weighted by atomic mass is 16.1. The fraction of sp³-hybridized carbons (Fsp3) is 0.455. The van der Waals surface area contributed by atoms with Crippen molar-refractivity contribution in [2.75, 3.05) is 0 Å². The smallest absolute Gasteiger partial charge is 0.252 e. The lowest BCUT2D eigenvalue weighted by Crippen LogP contribution is -2.27. The van der Waals surface area contributed by atoms with E-state index in [2.05, 4.69) is 31.1 Å². The van der Waals surface area contributed by atoms with Crippen LogP contribution in [-0.4, -0.2) is 25.7 Å². The summed E-state index contributed by atoms with van der Waals surface area (Å²) >= 11 is 0. The number of carbonyl (C=O) groups excluding carboxylic acids is 1. The molecule has 3 aromatic heterocycles. The van der Waals surface area contributed by atoms with Gasteiger partial charge in [0, 0.05) is 24.0 Å². The molecule has 0 aromatic carbocycles. The second-order valence-corrected chi connectivity index (χ2v) is 8.71. The summed E-state index contributed by atoms with van der Waals surface area (Å²) in [5, 5.41) is 8.71. The molecule has 0 radical (unpaired) electrons. The molecule has 3 heterocycles. The minimum Gasteiger partial charge on any atom is -0.345 e. The third kappa shape index (κ3) is 3.39. The first-order valence-electron chi connectivity index (χ1n) is 9.87. The molecule has 1 aliphatic rings. The number of amides is 1. The van der Waals surface area contributed by atoms with E-state index >= 15 is 0 Å². The standard InChI is InChI=1S/C22H27N5O/c1-13(15-8-10-23-11-9-15)24-21(28)17-12-18(16-6-7-16)25-20-19(17)14(2)26-27(20)22(3,4)5/h8-13,16H,6-7H2,1-5H3,(H,24,28)/t13-/m1/s1. The van der Waals surface area contributed by atoms with Crippen LogP contribution >= 0.6 is 0 Å². The Hall–Kier alpha value is -2.76. The first-order chi connectivity index (χ1) is 13.3. The highest BCUT2D eigenvalue weighted by molar-refractivity contribution is 6.06. The predicted octanol–water partition coefficient (Wildman–Crippen LogP) is 4.26. The number of hydrogen-bond donors (Lipinski definition) is 1. The number of aryl methyl sites for hydroxylation is 1. The Morgan fingerprint density at radius 2 is 1.93 bits per heavy atom. The van der Waals surface area contributed by atoms with Gasteiger partial charge < -0.3 is 5.32 Å². The van der Waals surface area contributed by atoms with Gasteiger partial charge in [0.05, 0.1) is 28.2 Å². The second-order valence-electron chi connectivity index (χ2n) is 8.71. The molecule has 0 spiro atoms. The number of rotatable bonds is 4. The molecule has 0 bridgehead atoms. The Labute approximate surface area is 165 Å². The quantitative estimate of drug-likeness (QED) is 0.737. The lowest BCUT2D eigenvalue weighted by atomic mass is 10.0. The van der Waals surface area contributed by atoms with Gasteiger partial charge in [-0.05, 0) is 71.2 Å². The van der Waals surface area contributed by atoms with Crippen molar-refractivity contribution >= 4 is 16.9 Å². The van der Waals surface area contributed by atoms with E-state index in [-0.39, 0.29) is 17.5 Å².